The lowest BCUT2D eigenvalue weighted by Gasteiger charge is -2.46. The zero-order chi connectivity index (χ0) is 49.3. The van der Waals surface area contributed by atoms with Gasteiger partial charge in [-0.3, -0.25) is 9.59 Å². The number of hydrogen-bond donors (Lipinski definition) is 1. The molecule has 1 aliphatic rings. The average molecular weight is 1080 g/mol. The minimum Gasteiger partial charge on any atom is -0.460 e. The number of benzene rings is 6. The Morgan fingerprint density at radius 2 is 0.800 bits per heavy atom. The number of carbonyl (C=O) groups is 2. The molecule has 70 heavy (non-hydrogen) atoms. The van der Waals surface area contributed by atoms with Gasteiger partial charge in [0.05, 0.1) is 39.6 Å². The summed E-state index contributed by atoms with van der Waals surface area (Å²) in [5.74, 6) is -1.17. The highest BCUT2D eigenvalue weighted by Crippen LogP contribution is 2.32. The van der Waals surface area contributed by atoms with Crippen molar-refractivity contribution in [2.24, 2.45) is 0 Å². The number of halogens is 2. The van der Waals surface area contributed by atoms with Gasteiger partial charge in [-0.25, -0.2) is 0 Å². The van der Waals surface area contributed by atoms with Gasteiger partial charge in [-0.1, -0.05) is 214 Å². The van der Waals surface area contributed by atoms with Crippen LogP contribution in [0.25, 0.3) is 0 Å². The second-order valence-electron chi connectivity index (χ2n) is 16.0. The summed E-state index contributed by atoms with van der Waals surface area (Å²) in [7, 11) is 0. The highest BCUT2D eigenvalue weighted by molar-refractivity contribution is 9.09. The van der Waals surface area contributed by atoms with Crippen molar-refractivity contribution in [2.45, 2.75) is 89.6 Å². The molecule has 372 valence electrons. The molecule has 5 unspecified atom stereocenters. The van der Waals surface area contributed by atoms with Crippen molar-refractivity contribution >= 4 is 43.8 Å². The zero-order valence-corrected chi connectivity index (χ0v) is 42.6. The molecular formula is C57H64Br2O11. The first-order valence-corrected chi connectivity index (χ1v) is 25.7. The lowest BCUT2D eigenvalue weighted by Crippen LogP contribution is -2.61. The van der Waals surface area contributed by atoms with Gasteiger partial charge in [-0.2, -0.15) is 0 Å². The van der Waals surface area contributed by atoms with Crippen LogP contribution in [0.1, 0.15) is 52.6 Å². The number of aliphatic hydroxyl groups excluding tert-OH is 1. The van der Waals surface area contributed by atoms with Gasteiger partial charge in [0.2, 0.25) is 0 Å². The standard InChI is InChI=1S/C37H41BrO6.C17H16O4.C3H7BrO/c38-22-13-23-40-37-36(43-27-32-20-11-4-12-21-32)35(42-26-31-18-9-3-10-19-31)34(41-25-30-16-7-2-8-17-30)33(44-37)28-39-24-29-14-5-1-6-15-29;18-16(20-12-14-7-3-1-4-8-14)11-17(19)21-13-15-9-5-2-6-10-15;4-2-1-3-5/h1-12,14-21,33-37H,13,22-28H2;1-10H,11-13H2;5H,1-3H2. The van der Waals surface area contributed by atoms with Crippen molar-refractivity contribution in [3.8, 4) is 0 Å². The molecule has 0 aromatic heterocycles. The van der Waals surface area contributed by atoms with Gasteiger partial charge >= 0.3 is 11.9 Å². The van der Waals surface area contributed by atoms with Gasteiger partial charge < -0.3 is 43.0 Å². The second kappa shape index (κ2) is 34.3. The number of carbonyl (C=O) groups excluding carboxylic acids is 2. The van der Waals surface area contributed by atoms with E-state index in [-0.39, 0.29) is 19.6 Å². The van der Waals surface area contributed by atoms with Gasteiger partial charge in [0.25, 0.3) is 0 Å². The highest BCUT2D eigenvalue weighted by atomic mass is 79.9. The predicted molar refractivity (Wildman–Crippen MR) is 277 cm³/mol. The maximum absolute atomic E-state index is 11.5. The number of esters is 2. The molecule has 0 aliphatic carbocycles. The summed E-state index contributed by atoms with van der Waals surface area (Å²) in [6.07, 6.45) is -1.31. The molecule has 0 saturated carbocycles. The van der Waals surface area contributed by atoms with Crippen LogP contribution in [0, 0.1) is 0 Å². The molecule has 7 rings (SSSR count). The molecular weight excluding hydrogens is 1020 g/mol. The quantitative estimate of drug-likeness (QED) is 0.0255. The Bertz CT molecular complexity index is 2190. The fourth-order valence-corrected chi connectivity index (χ4v) is 7.37. The number of hydrogen-bond acceptors (Lipinski definition) is 11. The summed E-state index contributed by atoms with van der Waals surface area (Å²) in [5.41, 5.74) is 6.04. The Morgan fingerprint density at radius 1 is 0.443 bits per heavy atom. The van der Waals surface area contributed by atoms with Gasteiger partial charge in [-0.05, 0) is 46.2 Å². The average Bonchev–Trinajstić information content (AvgIpc) is 3.41. The minimum absolute atomic E-state index is 0.158. The summed E-state index contributed by atoms with van der Waals surface area (Å²) >= 11 is 6.67. The monoisotopic (exact) mass is 1080 g/mol. The van der Waals surface area contributed by atoms with Crippen LogP contribution in [0.3, 0.4) is 0 Å². The summed E-state index contributed by atoms with van der Waals surface area (Å²) in [4.78, 5) is 23.0. The van der Waals surface area contributed by atoms with E-state index in [2.05, 4.69) is 68.3 Å². The van der Waals surface area contributed by atoms with Gasteiger partial charge in [0.15, 0.2) is 6.29 Å². The Morgan fingerprint density at radius 3 is 1.17 bits per heavy atom. The van der Waals surface area contributed by atoms with E-state index in [1.54, 1.807) is 0 Å². The lowest BCUT2D eigenvalue weighted by atomic mass is 9.97. The normalized spacial score (nSPS) is 17.2. The van der Waals surface area contributed by atoms with Crippen LogP contribution in [0.15, 0.2) is 182 Å². The zero-order valence-electron chi connectivity index (χ0n) is 39.4. The van der Waals surface area contributed by atoms with E-state index in [1.807, 2.05) is 146 Å². The summed E-state index contributed by atoms with van der Waals surface area (Å²) < 4.78 is 49.3. The third-order valence-electron chi connectivity index (χ3n) is 10.5. The van der Waals surface area contributed by atoms with Crippen LogP contribution < -0.4 is 0 Å². The topological polar surface area (TPSA) is 128 Å². The summed E-state index contributed by atoms with van der Waals surface area (Å²) in [6.45, 7) is 3.08. The molecule has 1 heterocycles. The number of aliphatic hydroxyl groups is 1. The van der Waals surface area contributed by atoms with E-state index >= 15 is 0 Å². The Labute approximate surface area is 429 Å². The molecule has 1 fully saturated rings. The Balaban J connectivity index is 0.000000291. The molecule has 11 nitrogen and oxygen atoms in total. The first-order chi connectivity index (χ1) is 34.4. The first-order valence-electron chi connectivity index (χ1n) is 23.4. The van der Waals surface area contributed by atoms with E-state index in [0.29, 0.717) is 46.2 Å². The first kappa shape index (κ1) is 55.9. The van der Waals surface area contributed by atoms with Crippen LogP contribution in [-0.4, -0.2) is 78.2 Å². The SMILES string of the molecule is BrCCCOC1OC(COCc2ccccc2)C(OCc2ccccc2)C(OCc2ccccc2)C1OCc1ccccc1.O=C(CC(=O)OCc1ccccc1)OCc1ccccc1.OCCCBr. The van der Waals surface area contributed by atoms with Crippen molar-refractivity contribution in [1.29, 1.82) is 0 Å². The van der Waals surface area contributed by atoms with Crippen LogP contribution in [0.4, 0.5) is 0 Å². The predicted octanol–water partition coefficient (Wildman–Crippen LogP) is 11.1. The molecule has 6 aromatic carbocycles. The van der Waals surface area contributed by atoms with Crippen LogP contribution in [0.5, 0.6) is 0 Å². The maximum atomic E-state index is 11.5. The van der Waals surface area contributed by atoms with Crippen molar-refractivity contribution in [3.63, 3.8) is 0 Å². The molecule has 0 bridgehead atoms. The molecule has 0 radical (unpaired) electrons. The van der Waals surface area contributed by atoms with Crippen molar-refractivity contribution < 1.29 is 52.6 Å². The smallest absolute Gasteiger partial charge is 0.317 e. The number of ether oxygens (including phenoxy) is 8. The molecule has 13 heteroatoms. The molecule has 0 amide bonds. The van der Waals surface area contributed by atoms with Gasteiger partial charge in [-0.15, -0.1) is 0 Å². The number of rotatable bonds is 25. The van der Waals surface area contributed by atoms with Gasteiger partial charge in [0.1, 0.15) is 44.1 Å². The van der Waals surface area contributed by atoms with Crippen molar-refractivity contribution in [3.05, 3.63) is 215 Å². The van der Waals surface area contributed by atoms with E-state index in [4.69, 9.17) is 43.0 Å². The fraction of sp³-hybridized carbons (Fsp3) is 0.333. The van der Waals surface area contributed by atoms with Crippen LogP contribution >= 0.6 is 31.9 Å². The third kappa shape index (κ3) is 21.9. The molecule has 1 saturated heterocycles. The van der Waals surface area contributed by atoms with E-state index in [1.165, 1.54) is 0 Å². The second-order valence-corrected chi connectivity index (χ2v) is 17.6. The largest absolute Gasteiger partial charge is 0.460 e. The molecule has 1 N–H and O–H groups in total. The molecule has 6 aromatic rings. The highest BCUT2D eigenvalue weighted by Gasteiger charge is 2.49. The summed E-state index contributed by atoms with van der Waals surface area (Å²) in [6, 6.07) is 59.1. The Hall–Kier alpha value is -5.06. The fourth-order valence-electron chi connectivity index (χ4n) is 6.89. The summed E-state index contributed by atoms with van der Waals surface area (Å²) in [5, 5.41) is 9.77. The third-order valence-corrected chi connectivity index (χ3v) is 11.6. The lowest BCUT2D eigenvalue weighted by molar-refractivity contribution is -0.328. The maximum Gasteiger partial charge on any atom is 0.317 e. The minimum atomic E-state index is -0.666. The van der Waals surface area contributed by atoms with Crippen molar-refractivity contribution in [2.75, 3.05) is 30.5 Å². The van der Waals surface area contributed by atoms with Crippen LogP contribution in [0.2, 0.25) is 0 Å². The molecule has 0 spiro atoms. The van der Waals surface area contributed by atoms with E-state index < -0.39 is 42.6 Å². The Kier molecular flexibility index (Phi) is 27.4. The van der Waals surface area contributed by atoms with E-state index in [9.17, 15) is 9.59 Å². The van der Waals surface area contributed by atoms with Crippen LogP contribution in [-0.2, 0) is 87.1 Å². The van der Waals surface area contributed by atoms with Gasteiger partial charge in [0, 0.05) is 17.3 Å². The molecule has 5 atom stereocenters. The molecule has 1 aliphatic heterocycles. The van der Waals surface area contributed by atoms with Crippen molar-refractivity contribution in [1.82, 2.24) is 0 Å². The number of alkyl halides is 2. The van der Waals surface area contributed by atoms with E-state index in [0.717, 1.165) is 56.9 Å².